The van der Waals surface area contributed by atoms with Gasteiger partial charge in [-0.2, -0.15) is 0 Å². The molecule has 1 unspecified atom stereocenters. The SMILES string of the molecule is CCCNC(C)c1ccc(N(CCO)CCOC)cc1Cl. The third-order valence-corrected chi connectivity index (χ3v) is 3.78. The number of rotatable bonds is 10. The van der Waals surface area contributed by atoms with Crippen molar-refractivity contribution in [2.75, 3.05) is 44.9 Å². The van der Waals surface area contributed by atoms with E-state index in [4.69, 9.17) is 16.3 Å². The molecule has 0 spiro atoms. The van der Waals surface area contributed by atoms with Crippen LogP contribution in [0.2, 0.25) is 5.02 Å². The van der Waals surface area contributed by atoms with Crippen LogP contribution in [-0.4, -0.2) is 45.1 Å². The molecule has 0 aliphatic rings. The lowest BCUT2D eigenvalue weighted by molar-refractivity contribution is 0.203. The number of anilines is 1. The number of nitrogens with one attached hydrogen (secondary N) is 1. The third-order valence-electron chi connectivity index (χ3n) is 3.45. The molecule has 0 aromatic heterocycles. The molecular formula is C16H27ClN2O2. The molecule has 2 N–H and O–H groups in total. The molecule has 1 atom stereocenters. The van der Waals surface area contributed by atoms with Crippen LogP contribution in [0.3, 0.4) is 0 Å². The minimum absolute atomic E-state index is 0.109. The number of hydrogen-bond donors (Lipinski definition) is 2. The van der Waals surface area contributed by atoms with E-state index in [0.717, 1.165) is 35.8 Å². The maximum atomic E-state index is 9.18. The molecule has 5 heteroatoms. The fourth-order valence-electron chi connectivity index (χ4n) is 2.23. The Morgan fingerprint density at radius 1 is 1.38 bits per heavy atom. The van der Waals surface area contributed by atoms with Crippen molar-refractivity contribution < 1.29 is 9.84 Å². The van der Waals surface area contributed by atoms with Crippen molar-refractivity contribution >= 4 is 17.3 Å². The van der Waals surface area contributed by atoms with Crippen LogP contribution in [-0.2, 0) is 4.74 Å². The quantitative estimate of drug-likeness (QED) is 0.697. The third kappa shape index (κ3) is 5.83. The summed E-state index contributed by atoms with van der Waals surface area (Å²) in [6.45, 7) is 7.27. The maximum absolute atomic E-state index is 9.18. The molecule has 0 fully saturated rings. The molecular weight excluding hydrogens is 288 g/mol. The highest BCUT2D eigenvalue weighted by Crippen LogP contribution is 2.28. The van der Waals surface area contributed by atoms with E-state index in [-0.39, 0.29) is 12.6 Å². The molecule has 1 aromatic rings. The van der Waals surface area contributed by atoms with Crippen molar-refractivity contribution in [3.05, 3.63) is 28.8 Å². The van der Waals surface area contributed by atoms with Crippen molar-refractivity contribution in [2.45, 2.75) is 26.3 Å². The Hall–Kier alpha value is -0.810. The van der Waals surface area contributed by atoms with Crippen LogP contribution >= 0.6 is 11.6 Å². The summed E-state index contributed by atoms with van der Waals surface area (Å²) < 4.78 is 5.11. The van der Waals surface area contributed by atoms with Crippen LogP contribution in [0.1, 0.15) is 31.9 Å². The number of hydrogen-bond acceptors (Lipinski definition) is 4. The Bertz CT molecular complexity index is 415. The minimum Gasteiger partial charge on any atom is -0.395 e. The molecule has 1 aromatic carbocycles. The zero-order valence-electron chi connectivity index (χ0n) is 13.2. The standard InChI is InChI=1S/C16H27ClN2O2/c1-4-7-18-13(2)15-6-5-14(12-16(15)17)19(8-10-20)9-11-21-3/h5-6,12-13,18,20H,4,7-11H2,1-3H3. The van der Waals surface area contributed by atoms with E-state index in [0.29, 0.717) is 13.2 Å². The molecule has 0 saturated heterocycles. The van der Waals surface area contributed by atoms with Gasteiger partial charge in [-0.25, -0.2) is 0 Å². The largest absolute Gasteiger partial charge is 0.395 e. The first-order valence-electron chi connectivity index (χ1n) is 7.51. The van der Waals surface area contributed by atoms with Gasteiger partial charge in [-0.15, -0.1) is 0 Å². The first-order chi connectivity index (χ1) is 10.1. The summed E-state index contributed by atoms with van der Waals surface area (Å²) in [6, 6.07) is 6.31. The van der Waals surface area contributed by atoms with Crippen LogP contribution in [0, 0.1) is 0 Å². The Kier molecular flexibility index (Phi) is 8.69. The van der Waals surface area contributed by atoms with Crippen LogP contribution in [0.4, 0.5) is 5.69 Å². The number of aliphatic hydroxyl groups is 1. The molecule has 21 heavy (non-hydrogen) atoms. The Balaban J connectivity index is 2.83. The van der Waals surface area contributed by atoms with E-state index >= 15 is 0 Å². The van der Waals surface area contributed by atoms with Gasteiger partial charge in [0.05, 0.1) is 13.2 Å². The fraction of sp³-hybridized carbons (Fsp3) is 0.625. The van der Waals surface area contributed by atoms with Gasteiger partial charge in [-0.3, -0.25) is 0 Å². The van der Waals surface area contributed by atoms with Crippen molar-refractivity contribution in [3.8, 4) is 0 Å². The monoisotopic (exact) mass is 314 g/mol. The van der Waals surface area contributed by atoms with Crippen LogP contribution in [0.25, 0.3) is 0 Å². The number of ether oxygens (including phenoxy) is 1. The number of nitrogens with zero attached hydrogens (tertiary/aromatic N) is 1. The van der Waals surface area contributed by atoms with Gasteiger partial charge in [0.15, 0.2) is 0 Å². The van der Waals surface area contributed by atoms with Gasteiger partial charge < -0.3 is 20.1 Å². The molecule has 0 aliphatic heterocycles. The average Bonchev–Trinajstić information content (AvgIpc) is 2.48. The predicted octanol–water partition coefficient (Wildman–Crippen LogP) is 2.85. The Labute approximate surface area is 133 Å². The molecule has 1 rings (SSSR count). The topological polar surface area (TPSA) is 44.7 Å². The summed E-state index contributed by atoms with van der Waals surface area (Å²) in [5, 5.41) is 13.4. The van der Waals surface area contributed by atoms with Gasteiger partial charge in [-0.1, -0.05) is 24.6 Å². The molecule has 0 radical (unpaired) electrons. The zero-order chi connectivity index (χ0) is 15.7. The summed E-state index contributed by atoms with van der Waals surface area (Å²) >= 11 is 6.42. The van der Waals surface area contributed by atoms with Crippen LogP contribution < -0.4 is 10.2 Å². The second-order valence-electron chi connectivity index (χ2n) is 5.09. The van der Waals surface area contributed by atoms with E-state index < -0.39 is 0 Å². The number of halogens is 1. The van der Waals surface area contributed by atoms with Crippen LogP contribution in [0.15, 0.2) is 18.2 Å². The highest BCUT2D eigenvalue weighted by Gasteiger charge is 2.12. The van der Waals surface area contributed by atoms with Crippen molar-refractivity contribution in [2.24, 2.45) is 0 Å². The summed E-state index contributed by atoms with van der Waals surface area (Å²) in [5.41, 5.74) is 2.11. The molecule has 120 valence electrons. The lowest BCUT2D eigenvalue weighted by Gasteiger charge is -2.25. The zero-order valence-corrected chi connectivity index (χ0v) is 14.0. The Morgan fingerprint density at radius 2 is 2.14 bits per heavy atom. The molecule has 0 aliphatic carbocycles. The molecule has 4 nitrogen and oxygen atoms in total. The first kappa shape index (κ1) is 18.2. The minimum atomic E-state index is 0.109. The van der Waals surface area contributed by atoms with Crippen LogP contribution in [0.5, 0.6) is 0 Å². The highest BCUT2D eigenvalue weighted by molar-refractivity contribution is 6.31. The average molecular weight is 315 g/mol. The van der Waals surface area contributed by atoms with E-state index in [1.165, 1.54) is 0 Å². The van der Waals surface area contributed by atoms with E-state index in [1.54, 1.807) is 7.11 Å². The molecule has 0 amide bonds. The summed E-state index contributed by atoms with van der Waals surface area (Å²) in [7, 11) is 1.67. The van der Waals surface area contributed by atoms with Gasteiger partial charge in [0.25, 0.3) is 0 Å². The van der Waals surface area contributed by atoms with E-state index in [9.17, 15) is 5.11 Å². The van der Waals surface area contributed by atoms with Gasteiger partial charge >= 0.3 is 0 Å². The van der Waals surface area contributed by atoms with Gasteiger partial charge in [0, 0.05) is 37.0 Å². The first-order valence-corrected chi connectivity index (χ1v) is 7.89. The lowest BCUT2D eigenvalue weighted by atomic mass is 10.1. The normalized spacial score (nSPS) is 12.4. The number of methoxy groups -OCH3 is 1. The lowest BCUT2D eigenvalue weighted by Crippen LogP contribution is -2.30. The summed E-state index contributed by atoms with van der Waals surface area (Å²) in [4.78, 5) is 2.07. The van der Waals surface area contributed by atoms with Gasteiger partial charge in [0.1, 0.15) is 0 Å². The maximum Gasteiger partial charge on any atom is 0.0637 e. The Morgan fingerprint density at radius 3 is 2.71 bits per heavy atom. The fourth-order valence-corrected chi connectivity index (χ4v) is 2.57. The molecule has 0 bridgehead atoms. The van der Waals surface area contributed by atoms with E-state index in [2.05, 4.69) is 36.2 Å². The summed E-state index contributed by atoms with van der Waals surface area (Å²) in [6.07, 6.45) is 1.10. The number of benzene rings is 1. The summed E-state index contributed by atoms with van der Waals surface area (Å²) in [5.74, 6) is 0. The van der Waals surface area contributed by atoms with Gasteiger partial charge in [-0.05, 0) is 37.6 Å². The predicted molar refractivity (Wildman–Crippen MR) is 89.3 cm³/mol. The second kappa shape index (κ2) is 10.0. The van der Waals surface area contributed by atoms with Gasteiger partial charge in [0.2, 0.25) is 0 Å². The second-order valence-corrected chi connectivity index (χ2v) is 5.49. The smallest absolute Gasteiger partial charge is 0.0637 e. The van der Waals surface area contributed by atoms with E-state index in [1.807, 2.05) is 6.07 Å². The number of aliphatic hydroxyl groups excluding tert-OH is 1. The highest BCUT2D eigenvalue weighted by atomic mass is 35.5. The van der Waals surface area contributed by atoms with Crippen molar-refractivity contribution in [1.29, 1.82) is 0 Å². The molecule has 0 heterocycles. The van der Waals surface area contributed by atoms with Crippen molar-refractivity contribution in [1.82, 2.24) is 5.32 Å². The van der Waals surface area contributed by atoms with Crippen molar-refractivity contribution in [3.63, 3.8) is 0 Å². The molecule has 0 saturated carbocycles.